The van der Waals surface area contributed by atoms with Crippen LogP contribution in [0, 0.1) is 0 Å². The van der Waals surface area contributed by atoms with Gasteiger partial charge >= 0.3 is 0 Å². The zero-order valence-electron chi connectivity index (χ0n) is 14.5. The summed E-state index contributed by atoms with van der Waals surface area (Å²) in [5.41, 5.74) is 1.71. The summed E-state index contributed by atoms with van der Waals surface area (Å²) < 4.78 is 5.27. The van der Waals surface area contributed by atoms with Gasteiger partial charge in [-0.05, 0) is 36.4 Å². The highest BCUT2D eigenvalue weighted by Gasteiger charge is 2.18. The number of amides is 2. The molecule has 6 nitrogen and oxygen atoms in total. The van der Waals surface area contributed by atoms with Gasteiger partial charge in [0.2, 0.25) is 5.91 Å². The summed E-state index contributed by atoms with van der Waals surface area (Å²) >= 11 is 11.9. The minimum absolute atomic E-state index is 0.0307. The predicted octanol–water partition coefficient (Wildman–Crippen LogP) is 3.52. The van der Waals surface area contributed by atoms with Crippen molar-refractivity contribution in [2.24, 2.45) is 0 Å². The lowest BCUT2D eigenvalue weighted by atomic mass is 10.1. The molecule has 142 valence electrons. The first kappa shape index (κ1) is 19.5. The zero-order chi connectivity index (χ0) is 19.2. The summed E-state index contributed by atoms with van der Waals surface area (Å²) in [6.45, 7) is 2.26. The van der Waals surface area contributed by atoms with Crippen molar-refractivity contribution in [3.05, 3.63) is 58.1 Å². The van der Waals surface area contributed by atoms with Gasteiger partial charge in [-0.15, -0.1) is 0 Å². The summed E-state index contributed by atoms with van der Waals surface area (Å²) in [6.07, 6.45) is 0. The molecule has 2 aromatic carbocycles. The Bertz CT molecular complexity index is 839. The number of rotatable bonds is 5. The van der Waals surface area contributed by atoms with E-state index in [2.05, 4.69) is 10.6 Å². The van der Waals surface area contributed by atoms with E-state index in [-0.39, 0.29) is 18.4 Å². The van der Waals surface area contributed by atoms with Gasteiger partial charge in [0.1, 0.15) is 0 Å². The van der Waals surface area contributed by atoms with Gasteiger partial charge in [-0.25, -0.2) is 0 Å². The van der Waals surface area contributed by atoms with Gasteiger partial charge in [-0.1, -0.05) is 29.3 Å². The second-order valence-electron chi connectivity index (χ2n) is 6.01. The molecule has 1 heterocycles. The molecular weight excluding hydrogens is 389 g/mol. The molecule has 0 aromatic heterocycles. The fourth-order valence-electron chi connectivity index (χ4n) is 2.69. The quantitative estimate of drug-likeness (QED) is 0.795. The fourth-order valence-corrected chi connectivity index (χ4v) is 3.17. The van der Waals surface area contributed by atoms with E-state index < -0.39 is 0 Å². The fraction of sp³-hybridized carbons (Fsp3) is 0.263. The highest BCUT2D eigenvalue weighted by Crippen LogP contribution is 2.25. The Labute approximate surface area is 167 Å². The molecule has 3 rings (SSSR count). The molecular formula is C19H19Cl2N3O3. The SMILES string of the molecule is O=C(CNc1ccc(Cl)cc1Cl)Nc1cccc(C(=O)N2CCOCC2)c1. The number of morpholine rings is 1. The first-order valence-corrected chi connectivity index (χ1v) is 9.24. The molecule has 0 radical (unpaired) electrons. The minimum Gasteiger partial charge on any atom is -0.378 e. The van der Waals surface area contributed by atoms with Crippen LogP contribution in [0.2, 0.25) is 10.0 Å². The van der Waals surface area contributed by atoms with Crippen LogP contribution in [0.1, 0.15) is 10.4 Å². The van der Waals surface area contributed by atoms with Gasteiger partial charge in [-0.3, -0.25) is 9.59 Å². The van der Waals surface area contributed by atoms with Crippen LogP contribution < -0.4 is 10.6 Å². The second-order valence-corrected chi connectivity index (χ2v) is 6.85. The van der Waals surface area contributed by atoms with E-state index in [9.17, 15) is 9.59 Å². The Morgan fingerprint density at radius 2 is 1.85 bits per heavy atom. The van der Waals surface area contributed by atoms with E-state index >= 15 is 0 Å². The Morgan fingerprint density at radius 1 is 1.07 bits per heavy atom. The standard InChI is InChI=1S/C19H19Cl2N3O3/c20-14-4-5-17(16(21)11-14)22-12-18(25)23-15-3-1-2-13(10-15)19(26)24-6-8-27-9-7-24/h1-5,10-11,22H,6-9,12H2,(H,23,25). The maximum atomic E-state index is 12.5. The average Bonchev–Trinajstić information content (AvgIpc) is 2.67. The normalized spacial score (nSPS) is 13.9. The number of halogens is 2. The third kappa shape index (κ3) is 5.35. The van der Waals surface area contributed by atoms with E-state index in [0.717, 1.165) is 0 Å². The van der Waals surface area contributed by atoms with Crippen molar-refractivity contribution in [3.63, 3.8) is 0 Å². The molecule has 8 heteroatoms. The molecule has 1 aliphatic rings. The summed E-state index contributed by atoms with van der Waals surface area (Å²) in [4.78, 5) is 26.5. The lowest BCUT2D eigenvalue weighted by Gasteiger charge is -2.27. The predicted molar refractivity (Wildman–Crippen MR) is 107 cm³/mol. The number of carbonyl (C=O) groups is 2. The molecule has 0 unspecified atom stereocenters. The molecule has 2 aromatic rings. The number of hydrogen-bond donors (Lipinski definition) is 2. The van der Waals surface area contributed by atoms with Crippen LogP contribution >= 0.6 is 23.2 Å². The van der Waals surface area contributed by atoms with Crippen LogP contribution in [0.3, 0.4) is 0 Å². The maximum Gasteiger partial charge on any atom is 0.254 e. The number of carbonyl (C=O) groups excluding carboxylic acids is 2. The first-order chi connectivity index (χ1) is 13.0. The van der Waals surface area contributed by atoms with Crippen molar-refractivity contribution < 1.29 is 14.3 Å². The second kappa shape index (κ2) is 9.08. The van der Waals surface area contributed by atoms with Crippen molar-refractivity contribution in [2.75, 3.05) is 43.5 Å². The molecule has 1 fully saturated rings. The topological polar surface area (TPSA) is 70.7 Å². The first-order valence-electron chi connectivity index (χ1n) is 8.49. The molecule has 2 amide bonds. The molecule has 0 atom stereocenters. The summed E-state index contributed by atoms with van der Waals surface area (Å²) in [6, 6.07) is 11.9. The molecule has 0 bridgehead atoms. The Morgan fingerprint density at radius 3 is 2.59 bits per heavy atom. The third-order valence-electron chi connectivity index (χ3n) is 4.06. The van der Waals surface area contributed by atoms with E-state index in [0.29, 0.717) is 53.3 Å². The van der Waals surface area contributed by atoms with Gasteiger partial charge in [0.25, 0.3) is 5.91 Å². The number of anilines is 2. The average molecular weight is 408 g/mol. The number of nitrogens with zero attached hydrogens (tertiary/aromatic N) is 1. The highest BCUT2D eigenvalue weighted by atomic mass is 35.5. The number of hydrogen-bond acceptors (Lipinski definition) is 4. The molecule has 1 aliphatic heterocycles. The van der Waals surface area contributed by atoms with Crippen molar-refractivity contribution in [1.82, 2.24) is 4.90 Å². The molecule has 1 saturated heterocycles. The van der Waals surface area contributed by atoms with E-state index in [1.165, 1.54) is 0 Å². The minimum atomic E-state index is -0.253. The zero-order valence-corrected chi connectivity index (χ0v) is 16.0. The van der Waals surface area contributed by atoms with Gasteiger partial charge < -0.3 is 20.3 Å². The van der Waals surface area contributed by atoms with Gasteiger partial charge in [0.05, 0.1) is 30.5 Å². The number of benzene rings is 2. The summed E-state index contributed by atoms with van der Waals surface area (Å²) in [5, 5.41) is 6.70. The maximum absolute atomic E-state index is 12.5. The van der Waals surface area contributed by atoms with Crippen LogP contribution in [0.5, 0.6) is 0 Å². The van der Waals surface area contributed by atoms with Crippen LogP contribution in [-0.2, 0) is 9.53 Å². The Kier molecular flexibility index (Phi) is 6.55. The van der Waals surface area contributed by atoms with Crippen LogP contribution in [0.25, 0.3) is 0 Å². The molecule has 0 aliphatic carbocycles. The molecule has 2 N–H and O–H groups in total. The van der Waals surface area contributed by atoms with Gasteiger partial charge in [0.15, 0.2) is 0 Å². The number of nitrogens with one attached hydrogen (secondary N) is 2. The number of ether oxygens (including phenoxy) is 1. The summed E-state index contributed by atoms with van der Waals surface area (Å²) in [5.74, 6) is -0.322. The van der Waals surface area contributed by atoms with E-state index in [1.807, 2.05) is 0 Å². The molecule has 0 spiro atoms. The Balaban J connectivity index is 1.58. The van der Waals surface area contributed by atoms with E-state index in [1.54, 1.807) is 47.4 Å². The monoisotopic (exact) mass is 407 g/mol. The molecule has 0 saturated carbocycles. The van der Waals surface area contributed by atoms with Crippen molar-refractivity contribution in [1.29, 1.82) is 0 Å². The smallest absolute Gasteiger partial charge is 0.254 e. The molecule has 27 heavy (non-hydrogen) atoms. The highest BCUT2D eigenvalue weighted by molar-refractivity contribution is 6.36. The Hall–Kier alpha value is -2.28. The lowest BCUT2D eigenvalue weighted by molar-refractivity contribution is -0.114. The lowest BCUT2D eigenvalue weighted by Crippen LogP contribution is -2.40. The largest absolute Gasteiger partial charge is 0.378 e. The van der Waals surface area contributed by atoms with Crippen LogP contribution in [-0.4, -0.2) is 49.6 Å². The summed E-state index contributed by atoms with van der Waals surface area (Å²) in [7, 11) is 0. The van der Waals surface area contributed by atoms with Crippen molar-refractivity contribution in [2.45, 2.75) is 0 Å². The van der Waals surface area contributed by atoms with Crippen molar-refractivity contribution in [3.8, 4) is 0 Å². The van der Waals surface area contributed by atoms with Crippen molar-refractivity contribution >= 4 is 46.4 Å². The third-order valence-corrected chi connectivity index (χ3v) is 4.61. The van der Waals surface area contributed by atoms with Gasteiger partial charge in [-0.2, -0.15) is 0 Å². The van der Waals surface area contributed by atoms with E-state index in [4.69, 9.17) is 27.9 Å². The van der Waals surface area contributed by atoms with Gasteiger partial charge in [0, 0.05) is 29.4 Å². The van der Waals surface area contributed by atoms with Crippen LogP contribution in [0.15, 0.2) is 42.5 Å². The van der Waals surface area contributed by atoms with Crippen LogP contribution in [0.4, 0.5) is 11.4 Å².